The quantitative estimate of drug-likeness (QED) is 0.493. The summed E-state index contributed by atoms with van der Waals surface area (Å²) in [5.41, 5.74) is 10.9. The normalized spacial score (nSPS) is 45.0. The molecule has 0 aromatic carbocycles. The zero-order valence-corrected chi connectivity index (χ0v) is 5.39. The Labute approximate surface area is 54.4 Å². The van der Waals surface area contributed by atoms with Gasteiger partial charge in [-0.05, 0) is 19.3 Å². The Bertz CT molecular complexity index is 87.1. The van der Waals surface area contributed by atoms with Crippen LogP contribution in [0.15, 0.2) is 0 Å². The molecule has 9 heavy (non-hydrogen) atoms. The summed E-state index contributed by atoms with van der Waals surface area (Å²) >= 11 is 0. The van der Waals surface area contributed by atoms with Gasteiger partial charge in [-0.1, -0.05) is 0 Å². The lowest BCUT2D eigenvalue weighted by molar-refractivity contribution is 0.198. The molecule has 0 aromatic heterocycles. The van der Waals surface area contributed by atoms with E-state index in [1.165, 1.54) is 0 Å². The Kier molecular flexibility index (Phi) is 2.03. The zero-order chi connectivity index (χ0) is 6.85. The first kappa shape index (κ1) is 6.96. The zero-order valence-electron chi connectivity index (χ0n) is 5.39. The Hall–Kier alpha value is -0.150. The van der Waals surface area contributed by atoms with E-state index in [9.17, 15) is 4.39 Å². The first-order valence-corrected chi connectivity index (χ1v) is 3.37. The van der Waals surface area contributed by atoms with Crippen molar-refractivity contribution in [2.24, 2.45) is 11.5 Å². The summed E-state index contributed by atoms with van der Waals surface area (Å²) in [6.07, 6.45) is 1.49. The average molecular weight is 132 g/mol. The fourth-order valence-corrected chi connectivity index (χ4v) is 1.20. The van der Waals surface area contributed by atoms with Gasteiger partial charge in [0.2, 0.25) is 0 Å². The van der Waals surface area contributed by atoms with E-state index in [4.69, 9.17) is 11.5 Å². The van der Waals surface area contributed by atoms with E-state index < -0.39 is 12.2 Å². The highest BCUT2D eigenvalue weighted by atomic mass is 19.1. The number of halogens is 1. The summed E-state index contributed by atoms with van der Waals surface area (Å²) < 4.78 is 12.6. The molecule has 0 spiro atoms. The highest BCUT2D eigenvalue weighted by Gasteiger charge is 2.27. The SMILES string of the molecule is N[C@@H]1[C@H](N)CCC[C@H]1F. The van der Waals surface area contributed by atoms with Crippen LogP contribution in [0.2, 0.25) is 0 Å². The van der Waals surface area contributed by atoms with Gasteiger partial charge in [-0.25, -0.2) is 4.39 Å². The molecule has 54 valence electrons. The van der Waals surface area contributed by atoms with Gasteiger partial charge in [0.1, 0.15) is 6.17 Å². The molecule has 0 heterocycles. The molecule has 0 bridgehead atoms. The fourth-order valence-electron chi connectivity index (χ4n) is 1.20. The predicted molar refractivity (Wildman–Crippen MR) is 34.7 cm³/mol. The lowest BCUT2D eigenvalue weighted by Crippen LogP contribution is -2.50. The molecule has 0 amide bonds. The standard InChI is InChI=1S/C6H13FN2/c7-4-2-1-3-5(8)6(4)9/h4-6H,1-3,8-9H2/t4-,5-,6+/m1/s1. The molecule has 4 N–H and O–H groups in total. The van der Waals surface area contributed by atoms with Crippen LogP contribution in [0.3, 0.4) is 0 Å². The molecule has 2 nitrogen and oxygen atoms in total. The van der Waals surface area contributed by atoms with Gasteiger partial charge in [-0.15, -0.1) is 0 Å². The van der Waals surface area contributed by atoms with E-state index in [-0.39, 0.29) is 6.04 Å². The largest absolute Gasteiger partial charge is 0.326 e. The molecule has 3 heteroatoms. The van der Waals surface area contributed by atoms with Gasteiger partial charge in [0, 0.05) is 6.04 Å². The van der Waals surface area contributed by atoms with Crippen LogP contribution in [0.4, 0.5) is 4.39 Å². The first-order chi connectivity index (χ1) is 4.22. The molecule has 0 unspecified atom stereocenters. The van der Waals surface area contributed by atoms with Gasteiger partial charge in [0.05, 0.1) is 6.04 Å². The van der Waals surface area contributed by atoms with Crippen LogP contribution in [0.1, 0.15) is 19.3 Å². The van der Waals surface area contributed by atoms with E-state index in [2.05, 4.69) is 0 Å². The summed E-state index contributed by atoms with van der Waals surface area (Å²) in [7, 11) is 0. The van der Waals surface area contributed by atoms with Crippen molar-refractivity contribution in [2.45, 2.75) is 37.5 Å². The smallest absolute Gasteiger partial charge is 0.117 e. The molecule has 0 radical (unpaired) electrons. The van der Waals surface area contributed by atoms with Gasteiger partial charge in [-0.2, -0.15) is 0 Å². The maximum atomic E-state index is 12.6. The highest BCUT2D eigenvalue weighted by molar-refractivity contribution is 4.87. The number of nitrogens with two attached hydrogens (primary N) is 2. The first-order valence-electron chi connectivity index (χ1n) is 3.37. The molecule has 1 aliphatic carbocycles. The van der Waals surface area contributed by atoms with Crippen molar-refractivity contribution >= 4 is 0 Å². The van der Waals surface area contributed by atoms with E-state index in [1.54, 1.807) is 0 Å². The lowest BCUT2D eigenvalue weighted by Gasteiger charge is -2.28. The van der Waals surface area contributed by atoms with Crippen LogP contribution >= 0.6 is 0 Å². The van der Waals surface area contributed by atoms with Gasteiger partial charge in [0.25, 0.3) is 0 Å². The Morgan fingerprint density at radius 2 is 1.89 bits per heavy atom. The van der Waals surface area contributed by atoms with E-state index in [1.807, 2.05) is 0 Å². The van der Waals surface area contributed by atoms with Crippen LogP contribution in [-0.2, 0) is 0 Å². The van der Waals surface area contributed by atoms with Crippen molar-refractivity contribution in [1.29, 1.82) is 0 Å². The van der Waals surface area contributed by atoms with Crippen LogP contribution < -0.4 is 11.5 Å². The minimum absolute atomic E-state index is 0.117. The molecule has 0 aromatic rings. The van der Waals surface area contributed by atoms with Gasteiger partial charge < -0.3 is 11.5 Å². The molecule has 1 saturated carbocycles. The average Bonchev–Trinajstić information content (AvgIpc) is 1.83. The number of hydrogen-bond acceptors (Lipinski definition) is 2. The number of rotatable bonds is 0. The Morgan fingerprint density at radius 3 is 2.33 bits per heavy atom. The second-order valence-electron chi connectivity index (χ2n) is 2.69. The van der Waals surface area contributed by atoms with E-state index >= 15 is 0 Å². The third-order valence-electron chi connectivity index (χ3n) is 1.93. The van der Waals surface area contributed by atoms with Crippen molar-refractivity contribution in [2.75, 3.05) is 0 Å². The van der Waals surface area contributed by atoms with Gasteiger partial charge in [-0.3, -0.25) is 0 Å². The van der Waals surface area contributed by atoms with Crippen LogP contribution in [0.5, 0.6) is 0 Å². The maximum absolute atomic E-state index is 12.6. The predicted octanol–water partition coefficient (Wildman–Crippen LogP) is 0.163. The van der Waals surface area contributed by atoms with Crippen molar-refractivity contribution in [1.82, 2.24) is 0 Å². The monoisotopic (exact) mass is 132 g/mol. The second-order valence-corrected chi connectivity index (χ2v) is 2.69. The number of hydrogen-bond donors (Lipinski definition) is 2. The van der Waals surface area contributed by atoms with Crippen molar-refractivity contribution in [3.8, 4) is 0 Å². The summed E-state index contributed by atoms with van der Waals surface area (Å²) in [6.45, 7) is 0. The van der Waals surface area contributed by atoms with Crippen molar-refractivity contribution in [3.63, 3.8) is 0 Å². The van der Waals surface area contributed by atoms with E-state index in [0.29, 0.717) is 6.42 Å². The van der Waals surface area contributed by atoms with Gasteiger partial charge in [0.15, 0.2) is 0 Å². The van der Waals surface area contributed by atoms with Crippen LogP contribution in [0.25, 0.3) is 0 Å². The summed E-state index contributed by atoms with van der Waals surface area (Å²) in [4.78, 5) is 0. The highest BCUT2D eigenvalue weighted by Crippen LogP contribution is 2.18. The minimum Gasteiger partial charge on any atom is -0.326 e. The molecule has 1 rings (SSSR count). The third kappa shape index (κ3) is 1.40. The van der Waals surface area contributed by atoms with Crippen molar-refractivity contribution in [3.05, 3.63) is 0 Å². The van der Waals surface area contributed by atoms with Crippen LogP contribution in [0, 0.1) is 0 Å². The summed E-state index contributed by atoms with van der Waals surface area (Å²) in [5, 5.41) is 0. The third-order valence-corrected chi connectivity index (χ3v) is 1.93. The molecule has 0 saturated heterocycles. The fraction of sp³-hybridized carbons (Fsp3) is 1.00. The lowest BCUT2D eigenvalue weighted by atomic mass is 9.90. The Morgan fingerprint density at radius 1 is 1.22 bits per heavy atom. The second kappa shape index (κ2) is 2.62. The molecule has 1 fully saturated rings. The summed E-state index contributed by atoms with van der Waals surface area (Å²) in [5.74, 6) is 0. The molecule has 1 aliphatic rings. The molecule has 0 aliphatic heterocycles. The van der Waals surface area contributed by atoms with E-state index in [0.717, 1.165) is 12.8 Å². The maximum Gasteiger partial charge on any atom is 0.117 e. The Balaban J connectivity index is 2.41. The minimum atomic E-state index is -0.867. The topological polar surface area (TPSA) is 52.0 Å². The molecular weight excluding hydrogens is 119 g/mol. The van der Waals surface area contributed by atoms with Crippen molar-refractivity contribution < 1.29 is 4.39 Å². The molecule has 3 atom stereocenters. The molecular formula is C6H13FN2. The summed E-state index contributed by atoms with van der Waals surface area (Å²) in [6, 6.07) is -0.535. The number of alkyl halides is 1. The van der Waals surface area contributed by atoms with Gasteiger partial charge >= 0.3 is 0 Å². The van der Waals surface area contributed by atoms with Crippen LogP contribution in [-0.4, -0.2) is 18.3 Å².